The molecule has 0 aliphatic carbocycles. The Morgan fingerprint density at radius 2 is 2.06 bits per heavy atom. The van der Waals surface area contributed by atoms with Crippen molar-refractivity contribution in [2.45, 2.75) is 34.1 Å². The number of hydrogen-bond acceptors (Lipinski definition) is 4. The first kappa shape index (κ1) is 12.7. The van der Waals surface area contributed by atoms with E-state index in [1.165, 1.54) is 0 Å². The Labute approximate surface area is 97.5 Å². The normalized spacial score (nSPS) is 11.3. The quantitative estimate of drug-likeness (QED) is 0.852. The summed E-state index contributed by atoms with van der Waals surface area (Å²) in [7, 11) is 1.80. The Morgan fingerprint density at radius 1 is 1.38 bits per heavy atom. The minimum Gasteiger partial charge on any atom is -0.477 e. The zero-order chi connectivity index (χ0) is 12.2. The number of aryl methyl sites for hydroxylation is 1. The minimum atomic E-state index is 0.284. The summed E-state index contributed by atoms with van der Waals surface area (Å²) < 4.78 is 5.66. The van der Waals surface area contributed by atoms with Crippen molar-refractivity contribution in [2.24, 2.45) is 5.41 Å². The van der Waals surface area contributed by atoms with Crippen molar-refractivity contribution in [1.29, 1.82) is 0 Å². The van der Waals surface area contributed by atoms with Crippen molar-refractivity contribution in [3.05, 3.63) is 11.8 Å². The van der Waals surface area contributed by atoms with Gasteiger partial charge in [0, 0.05) is 18.8 Å². The van der Waals surface area contributed by atoms with Crippen LogP contribution < -0.4 is 10.1 Å². The van der Waals surface area contributed by atoms with Gasteiger partial charge in [-0.1, -0.05) is 20.8 Å². The second kappa shape index (κ2) is 5.14. The fraction of sp³-hybridized carbons (Fsp3) is 0.667. The Hall–Kier alpha value is -1.32. The molecule has 0 bridgehead atoms. The van der Waals surface area contributed by atoms with Crippen LogP contribution in [0.5, 0.6) is 5.88 Å². The topological polar surface area (TPSA) is 47.0 Å². The molecule has 0 aliphatic heterocycles. The van der Waals surface area contributed by atoms with Crippen molar-refractivity contribution in [1.82, 2.24) is 9.97 Å². The van der Waals surface area contributed by atoms with E-state index >= 15 is 0 Å². The number of nitrogens with one attached hydrogen (secondary N) is 1. The molecular formula is C12H21N3O. The lowest BCUT2D eigenvalue weighted by Gasteiger charge is -2.18. The largest absolute Gasteiger partial charge is 0.477 e. The zero-order valence-corrected chi connectivity index (χ0v) is 10.8. The molecule has 16 heavy (non-hydrogen) atoms. The van der Waals surface area contributed by atoms with Gasteiger partial charge in [-0.15, -0.1) is 0 Å². The summed E-state index contributed by atoms with van der Waals surface area (Å²) in [4.78, 5) is 8.38. The third kappa shape index (κ3) is 4.04. The number of rotatable bonds is 4. The molecule has 0 saturated heterocycles. The molecule has 0 saturated carbocycles. The van der Waals surface area contributed by atoms with Crippen molar-refractivity contribution >= 4 is 5.95 Å². The number of ether oxygens (including phenoxy) is 1. The van der Waals surface area contributed by atoms with Gasteiger partial charge in [0.05, 0.1) is 6.61 Å². The smallest absolute Gasteiger partial charge is 0.225 e. The molecule has 0 aliphatic rings. The van der Waals surface area contributed by atoms with E-state index in [1.807, 2.05) is 6.92 Å². The van der Waals surface area contributed by atoms with Crippen molar-refractivity contribution in [3.8, 4) is 5.88 Å². The molecule has 0 atom stereocenters. The van der Waals surface area contributed by atoms with Gasteiger partial charge in [-0.3, -0.25) is 0 Å². The first-order chi connectivity index (χ1) is 7.42. The second-order valence-electron chi connectivity index (χ2n) is 5.09. The van der Waals surface area contributed by atoms with Gasteiger partial charge >= 0.3 is 0 Å². The van der Waals surface area contributed by atoms with Gasteiger partial charge in [0.15, 0.2) is 0 Å². The monoisotopic (exact) mass is 223 g/mol. The molecule has 0 amide bonds. The van der Waals surface area contributed by atoms with Crippen LogP contribution in [0.15, 0.2) is 6.20 Å². The van der Waals surface area contributed by atoms with E-state index in [0.717, 1.165) is 12.0 Å². The fourth-order valence-electron chi connectivity index (χ4n) is 1.15. The van der Waals surface area contributed by atoms with Gasteiger partial charge in [0.25, 0.3) is 0 Å². The lowest BCUT2D eigenvalue weighted by molar-refractivity contribution is 0.235. The van der Waals surface area contributed by atoms with E-state index in [-0.39, 0.29) is 5.41 Å². The first-order valence-corrected chi connectivity index (χ1v) is 5.56. The summed E-state index contributed by atoms with van der Waals surface area (Å²) in [5.74, 6) is 1.26. The van der Waals surface area contributed by atoms with Crippen LogP contribution in [0.2, 0.25) is 0 Å². The van der Waals surface area contributed by atoms with Crippen LogP contribution in [0.4, 0.5) is 5.95 Å². The van der Waals surface area contributed by atoms with E-state index in [1.54, 1.807) is 13.2 Å². The number of nitrogens with zero attached hydrogens (tertiary/aromatic N) is 2. The van der Waals surface area contributed by atoms with Crippen molar-refractivity contribution < 1.29 is 4.74 Å². The Bertz CT molecular complexity index is 345. The van der Waals surface area contributed by atoms with Gasteiger partial charge in [0.1, 0.15) is 0 Å². The summed E-state index contributed by atoms with van der Waals surface area (Å²) in [5.41, 5.74) is 1.25. The maximum absolute atomic E-state index is 5.66. The molecule has 1 aromatic rings. The van der Waals surface area contributed by atoms with Crippen LogP contribution in [0, 0.1) is 12.3 Å². The summed E-state index contributed by atoms with van der Waals surface area (Å²) in [6.45, 7) is 9.23. The van der Waals surface area contributed by atoms with Crippen LogP contribution in [-0.2, 0) is 0 Å². The summed E-state index contributed by atoms with van der Waals surface area (Å²) in [6, 6.07) is 0. The van der Waals surface area contributed by atoms with Crippen LogP contribution in [0.1, 0.15) is 32.8 Å². The van der Waals surface area contributed by atoms with Gasteiger partial charge in [-0.25, -0.2) is 4.98 Å². The van der Waals surface area contributed by atoms with Crippen LogP contribution in [-0.4, -0.2) is 23.6 Å². The number of aromatic nitrogens is 2. The third-order valence-corrected chi connectivity index (χ3v) is 2.24. The van der Waals surface area contributed by atoms with E-state index < -0.39 is 0 Å². The molecule has 0 aromatic carbocycles. The molecule has 1 N–H and O–H groups in total. The predicted octanol–water partition coefficient (Wildman–Crippen LogP) is 2.64. The molecule has 0 fully saturated rings. The molecule has 4 heteroatoms. The second-order valence-corrected chi connectivity index (χ2v) is 5.09. The fourth-order valence-corrected chi connectivity index (χ4v) is 1.15. The molecule has 4 nitrogen and oxygen atoms in total. The SMILES string of the molecule is CNc1ncc(C)c(OCCC(C)(C)C)n1. The highest BCUT2D eigenvalue weighted by molar-refractivity contribution is 5.31. The molecule has 0 radical (unpaired) electrons. The van der Waals surface area contributed by atoms with Gasteiger partial charge < -0.3 is 10.1 Å². The molecular weight excluding hydrogens is 202 g/mol. The molecule has 0 spiro atoms. The highest BCUT2D eigenvalue weighted by Crippen LogP contribution is 2.20. The Morgan fingerprint density at radius 3 is 2.62 bits per heavy atom. The van der Waals surface area contributed by atoms with Crippen LogP contribution >= 0.6 is 0 Å². The molecule has 0 unspecified atom stereocenters. The summed E-state index contributed by atoms with van der Waals surface area (Å²) >= 11 is 0. The predicted molar refractivity (Wildman–Crippen MR) is 65.9 cm³/mol. The molecule has 90 valence electrons. The minimum absolute atomic E-state index is 0.284. The molecule has 1 rings (SSSR count). The van der Waals surface area contributed by atoms with Gasteiger partial charge in [-0.05, 0) is 18.8 Å². The summed E-state index contributed by atoms with van der Waals surface area (Å²) in [6.07, 6.45) is 2.77. The van der Waals surface area contributed by atoms with Crippen molar-refractivity contribution in [3.63, 3.8) is 0 Å². The Balaban J connectivity index is 2.59. The van der Waals surface area contributed by atoms with E-state index in [2.05, 4.69) is 36.1 Å². The van der Waals surface area contributed by atoms with E-state index in [4.69, 9.17) is 4.74 Å². The first-order valence-electron chi connectivity index (χ1n) is 5.56. The summed E-state index contributed by atoms with van der Waals surface area (Å²) in [5, 5.41) is 2.90. The van der Waals surface area contributed by atoms with Crippen LogP contribution in [0.3, 0.4) is 0 Å². The maximum atomic E-state index is 5.66. The highest BCUT2D eigenvalue weighted by atomic mass is 16.5. The van der Waals surface area contributed by atoms with Gasteiger partial charge in [-0.2, -0.15) is 4.98 Å². The van der Waals surface area contributed by atoms with E-state index in [9.17, 15) is 0 Å². The molecule has 1 heterocycles. The number of anilines is 1. The lowest BCUT2D eigenvalue weighted by Crippen LogP contribution is -2.12. The number of hydrogen-bond donors (Lipinski definition) is 1. The van der Waals surface area contributed by atoms with Gasteiger partial charge in [0.2, 0.25) is 11.8 Å². The Kier molecular flexibility index (Phi) is 4.10. The van der Waals surface area contributed by atoms with Crippen molar-refractivity contribution in [2.75, 3.05) is 19.0 Å². The third-order valence-electron chi connectivity index (χ3n) is 2.24. The average Bonchev–Trinajstić information content (AvgIpc) is 2.19. The molecule has 1 aromatic heterocycles. The average molecular weight is 223 g/mol. The zero-order valence-electron chi connectivity index (χ0n) is 10.8. The highest BCUT2D eigenvalue weighted by Gasteiger charge is 2.11. The van der Waals surface area contributed by atoms with Crippen LogP contribution in [0.25, 0.3) is 0 Å². The standard InChI is InChI=1S/C12H21N3O/c1-9-8-14-11(13-5)15-10(9)16-7-6-12(2,3)4/h8H,6-7H2,1-5H3,(H,13,14,15). The van der Waals surface area contributed by atoms with E-state index in [0.29, 0.717) is 18.4 Å². The lowest BCUT2D eigenvalue weighted by atomic mass is 9.93. The maximum Gasteiger partial charge on any atom is 0.225 e.